The third kappa shape index (κ3) is 4.28. The predicted octanol–water partition coefficient (Wildman–Crippen LogP) is 3.76. The van der Waals surface area contributed by atoms with Gasteiger partial charge >= 0.3 is 0 Å². The molecule has 1 fully saturated rings. The topological polar surface area (TPSA) is 21.3 Å². The average molecular weight is 271 g/mol. The second-order valence-electron chi connectivity index (χ2n) is 6.42. The highest BCUT2D eigenvalue weighted by Crippen LogP contribution is 2.35. The first-order chi connectivity index (χ1) is 9.61. The summed E-state index contributed by atoms with van der Waals surface area (Å²) in [4.78, 5) is 0. The Balaban J connectivity index is 1.87. The molecule has 1 saturated carbocycles. The Hall–Kier alpha value is -1.46. The van der Waals surface area contributed by atoms with Crippen LogP contribution in [0.25, 0.3) is 0 Å². The van der Waals surface area contributed by atoms with Crippen molar-refractivity contribution in [2.75, 3.05) is 6.61 Å². The van der Waals surface area contributed by atoms with Gasteiger partial charge in [-0.25, -0.2) is 0 Å². The van der Waals surface area contributed by atoms with Crippen molar-refractivity contribution in [3.05, 3.63) is 29.8 Å². The van der Waals surface area contributed by atoms with Crippen LogP contribution in [0, 0.1) is 17.8 Å². The zero-order valence-electron chi connectivity index (χ0n) is 12.6. The van der Waals surface area contributed by atoms with Crippen LogP contribution in [0.1, 0.15) is 45.1 Å². The quantitative estimate of drug-likeness (QED) is 0.823. The standard InChI is InChI=1S/C18H25NO/c1-4-13-20-17-8-6-5-7-15(17)14-19-16-9-11-18(2,3)12-10-16/h1,5-8,16,19H,9-14H2,2-3H3. The molecule has 108 valence electrons. The predicted molar refractivity (Wildman–Crippen MR) is 83.6 cm³/mol. The van der Waals surface area contributed by atoms with Crippen LogP contribution in [0.3, 0.4) is 0 Å². The van der Waals surface area contributed by atoms with E-state index in [1.807, 2.05) is 18.2 Å². The lowest BCUT2D eigenvalue weighted by molar-refractivity contribution is 0.205. The largest absolute Gasteiger partial charge is 0.481 e. The summed E-state index contributed by atoms with van der Waals surface area (Å²) in [7, 11) is 0. The van der Waals surface area contributed by atoms with Gasteiger partial charge in [0, 0.05) is 18.2 Å². The maximum atomic E-state index is 5.58. The molecule has 20 heavy (non-hydrogen) atoms. The number of para-hydroxylation sites is 1. The molecule has 1 aromatic rings. The molecule has 1 N–H and O–H groups in total. The zero-order valence-corrected chi connectivity index (χ0v) is 12.6. The van der Waals surface area contributed by atoms with E-state index in [9.17, 15) is 0 Å². The van der Waals surface area contributed by atoms with Gasteiger partial charge in [-0.3, -0.25) is 0 Å². The van der Waals surface area contributed by atoms with Crippen molar-refractivity contribution >= 4 is 0 Å². The van der Waals surface area contributed by atoms with Crippen molar-refractivity contribution in [2.45, 2.75) is 52.1 Å². The molecule has 0 unspecified atom stereocenters. The van der Waals surface area contributed by atoms with Crippen LogP contribution in [0.5, 0.6) is 5.75 Å². The molecule has 0 heterocycles. The fourth-order valence-corrected chi connectivity index (χ4v) is 2.77. The summed E-state index contributed by atoms with van der Waals surface area (Å²) in [5.74, 6) is 3.41. The van der Waals surface area contributed by atoms with Crippen molar-refractivity contribution in [2.24, 2.45) is 5.41 Å². The number of terminal acetylenes is 1. The normalized spacial score (nSPS) is 18.4. The molecule has 0 atom stereocenters. The van der Waals surface area contributed by atoms with Crippen LogP contribution in [0.2, 0.25) is 0 Å². The van der Waals surface area contributed by atoms with Crippen LogP contribution in [0.15, 0.2) is 24.3 Å². The summed E-state index contributed by atoms with van der Waals surface area (Å²) in [6, 6.07) is 8.75. The lowest BCUT2D eigenvalue weighted by Crippen LogP contribution is -2.35. The Bertz CT molecular complexity index is 463. The summed E-state index contributed by atoms with van der Waals surface area (Å²) in [6.45, 7) is 5.92. The van der Waals surface area contributed by atoms with Crippen molar-refractivity contribution in [3.8, 4) is 18.1 Å². The van der Waals surface area contributed by atoms with Gasteiger partial charge in [-0.2, -0.15) is 0 Å². The lowest BCUT2D eigenvalue weighted by atomic mass is 9.75. The Morgan fingerprint density at radius 1 is 1.30 bits per heavy atom. The maximum Gasteiger partial charge on any atom is 0.148 e. The minimum absolute atomic E-state index is 0.328. The van der Waals surface area contributed by atoms with Gasteiger partial charge in [-0.05, 0) is 37.2 Å². The van der Waals surface area contributed by atoms with Crippen molar-refractivity contribution in [1.29, 1.82) is 0 Å². The van der Waals surface area contributed by atoms with E-state index < -0.39 is 0 Å². The number of hydrogen-bond donors (Lipinski definition) is 1. The minimum atomic E-state index is 0.328. The summed E-state index contributed by atoms with van der Waals surface area (Å²) < 4.78 is 5.58. The molecule has 2 rings (SSSR count). The minimum Gasteiger partial charge on any atom is -0.481 e. The SMILES string of the molecule is C#CCOc1ccccc1CNC1CCC(C)(C)CC1. The molecule has 0 spiro atoms. The van der Waals surface area contributed by atoms with E-state index in [4.69, 9.17) is 11.2 Å². The van der Waals surface area contributed by atoms with Crippen LogP contribution < -0.4 is 10.1 Å². The van der Waals surface area contributed by atoms with Gasteiger partial charge in [0.25, 0.3) is 0 Å². The molecule has 0 amide bonds. The van der Waals surface area contributed by atoms with Crippen LogP contribution in [-0.4, -0.2) is 12.6 Å². The van der Waals surface area contributed by atoms with Gasteiger partial charge in [0.2, 0.25) is 0 Å². The molecule has 1 aliphatic rings. The molecule has 0 bridgehead atoms. The van der Waals surface area contributed by atoms with E-state index in [0.717, 1.165) is 12.3 Å². The second kappa shape index (κ2) is 6.81. The highest BCUT2D eigenvalue weighted by atomic mass is 16.5. The first-order valence-electron chi connectivity index (χ1n) is 7.48. The third-order valence-corrected chi connectivity index (χ3v) is 4.20. The monoisotopic (exact) mass is 271 g/mol. The highest BCUT2D eigenvalue weighted by molar-refractivity contribution is 5.33. The summed E-state index contributed by atoms with van der Waals surface area (Å²) in [5, 5.41) is 3.66. The molecular weight excluding hydrogens is 246 g/mol. The summed E-state index contributed by atoms with van der Waals surface area (Å²) in [6.07, 6.45) is 10.4. The molecule has 2 nitrogen and oxygen atoms in total. The van der Waals surface area contributed by atoms with Gasteiger partial charge < -0.3 is 10.1 Å². The first-order valence-corrected chi connectivity index (χ1v) is 7.48. The van der Waals surface area contributed by atoms with Crippen LogP contribution in [-0.2, 0) is 6.54 Å². The van der Waals surface area contributed by atoms with E-state index in [-0.39, 0.29) is 0 Å². The zero-order chi connectivity index (χ0) is 14.4. The van der Waals surface area contributed by atoms with E-state index >= 15 is 0 Å². The van der Waals surface area contributed by atoms with E-state index in [1.165, 1.54) is 31.2 Å². The molecule has 1 aromatic carbocycles. The molecular formula is C18H25NO. The van der Waals surface area contributed by atoms with Crippen LogP contribution >= 0.6 is 0 Å². The maximum absolute atomic E-state index is 5.58. The molecule has 0 saturated heterocycles. The molecule has 0 aromatic heterocycles. The van der Waals surface area contributed by atoms with Gasteiger partial charge in [-0.1, -0.05) is 38.0 Å². The molecule has 0 radical (unpaired) electrons. The molecule has 0 aliphatic heterocycles. The Labute approximate surface area is 122 Å². The number of ether oxygens (including phenoxy) is 1. The van der Waals surface area contributed by atoms with Crippen molar-refractivity contribution in [3.63, 3.8) is 0 Å². The second-order valence-corrected chi connectivity index (χ2v) is 6.42. The van der Waals surface area contributed by atoms with E-state index in [1.54, 1.807) is 0 Å². The average Bonchev–Trinajstić information content (AvgIpc) is 2.45. The smallest absolute Gasteiger partial charge is 0.148 e. The third-order valence-electron chi connectivity index (χ3n) is 4.20. The molecule has 2 heteroatoms. The Morgan fingerprint density at radius 3 is 2.70 bits per heavy atom. The van der Waals surface area contributed by atoms with Gasteiger partial charge in [0.1, 0.15) is 12.4 Å². The Kier molecular flexibility index (Phi) is 5.09. The molecule has 1 aliphatic carbocycles. The van der Waals surface area contributed by atoms with Gasteiger partial charge in [0.05, 0.1) is 0 Å². The summed E-state index contributed by atoms with van der Waals surface area (Å²) in [5.41, 5.74) is 1.71. The lowest BCUT2D eigenvalue weighted by Gasteiger charge is -2.34. The number of hydrogen-bond acceptors (Lipinski definition) is 2. The fraction of sp³-hybridized carbons (Fsp3) is 0.556. The Morgan fingerprint density at radius 2 is 2.00 bits per heavy atom. The number of benzene rings is 1. The van der Waals surface area contributed by atoms with E-state index in [0.29, 0.717) is 18.1 Å². The number of rotatable bonds is 5. The number of nitrogens with one attached hydrogen (secondary N) is 1. The van der Waals surface area contributed by atoms with Gasteiger partial charge in [-0.15, -0.1) is 6.42 Å². The fourth-order valence-electron chi connectivity index (χ4n) is 2.77. The van der Waals surface area contributed by atoms with Crippen LogP contribution in [0.4, 0.5) is 0 Å². The van der Waals surface area contributed by atoms with E-state index in [2.05, 4.69) is 31.2 Å². The van der Waals surface area contributed by atoms with Gasteiger partial charge in [0.15, 0.2) is 0 Å². The summed E-state index contributed by atoms with van der Waals surface area (Å²) >= 11 is 0. The van der Waals surface area contributed by atoms with Crippen molar-refractivity contribution in [1.82, 2.24) is 5.32 Å². The highest BCUT2D eigenvalue weighted by Gasteiger charge is 2.26. The van der Waals surface area contributed by atoms with Crippen molar-refractivity contribution < 1.29 is 4.74 Å². The first kappa shape index (κ1) is 14.9.